The zero-order chi connectivity index (χ0) is 19.6. The average Bonchev–Trinajstić information content (AvgIpc) is 3.15. The minimum absolute atomic E-state index is 0.125. The summed E-state index contributed by atoms with van der Waals surface area (Å²) in [7, 11) is -0.740. The number of halogens is 2. The Kier molecular flexibility index (Phi) is 6.05. The predicted octanol–water partition coefficient (Wildman–Crippen LogP) is 4.00. The van der Waals surface area contributed by atoms with Gasteiger partial charge in [0.05, 0.1) is 13.2 Å². The van der Waals surface area contributed by atoms with E-state index in [1.165, 1.54) is 23.5 Å². The van der Waals surface area contributed by atoms with Gasteiger partial charge in [-0.2, -0.15) is 17.0 Å². The summed E-state index contributed by atoms with van der Waals surface area (Å²) in [4.78, 5) is 0. The summed E-state index contributed by atoms with van der Waals surface area (Å²) >= 11 is 6.05. The molecule has 1 saturated heterocycles. The van der Waals surface area contributed by atoms with E-state index in [-0.39, 0.29) is 23.2 Å². The van der Waals surface area contributed by atoms with Gasteiger partial charge >= 0.3 is 0 Å². The van der Waals surface area contributed by atoms with Gasteiger partial charge in [0.15, 0.2) is 0 Å². The molecule has 1 aliphatic rings. The highest BCUT2D eigenvalue weighted by atomic mass is 35.5. The lowest BCUT2D eigenvalue weighted by Crippen LogP contribution is -2.41. The molecule has 5 nitrogen and oxygen atoms in total. The molecule has 0 radical (unpaired) electrons. The van der Waals surface area contributed by atoms with Crippen molar-refractivity contribution in [2.45, 2.75) is 25.4 Å². The van der Waals surface area contributed by atoms with E-state index < -0.39 is 16.0 Å². The van der Waals surface area contributed by atoms with E-state index in [2.05, 4.69) is 0 Å². The van der Waals surface area contributed by atoms with Crippen LogP contribution in [0.25, 0.3) is 0 Å². The van der Waals surface area contributed by atoms with Crippen molar-refractivity contribution in [3.05, 3.63) is 64.4 Å². The van der Waals surface area contributed by atoms with Crippen molar-refractivity contribution >= 4 is 21.8 Å². The molecule has 1 atom stereocenters. The highest BCUT2D eigenvalue weighted by Gasteiger charge is 2.37. The minimum atomic E-state index is -3.77. The summed E-state index contributed by atoms with van der Waals surface area (Å²) < 4.78 is 48.1. The van der Waals surface area contributed by atoms with Crippen LogP contribution in [0.2, 0.25) is 5.02 Å². The van der Waals surface area contributed by atoms with Crippen molar-refractivity contribution in [3.8, 4) is 5.75 Å². The van der Waals surface area contributed by atoms with Crippen LogP contribution in [-0.4, -0.2) is 37.7 Å². The normalized spacial score (nSPS) is 18.2. The van der Waals surface area contributed by atoms with Crippen molar-refractivity contribution in [3.63, 3.8) is 0 Å². The SMILES string of the molecule is COc1ccc(C2CCCN2S(=O)(=O)N(C)Cc2c(F)cccc2Cl)cc1. The van der Waals surface area contributed by atoms with Crippen molar-refractivity contribution in [1.82, 2.24) is 8.61 Å². The monoisotopic (exact) mass is 412 g/mol. The predicted molar refractivity (Wildman–Crippen MR) is 103 cm³/mol. The Morgan fingerprint density at radius 2 is 1.96 bits per heavy atom. The largest absolute Gasteiger partial charge is 0.497 e. The maximum atomic E-state index is 14.1. The van der Waals surface area contributed by atoms with Crippen LogP contribution in [0.5, 0.6) is 5.75 Å². The number of hydrogen-bond acceptors (Lipinski definition) is 3. The highest BCUT2D eigenvalue weighted by Crippen LogP contribution is 2.36. The fourth-order valence-electron chi connectivity index (χ4n) is 3.34. The second-order valence-electron chi connectivity index (χ2n) is 6.51. The van der Waals surface area contributed by atoms with E-state index in [9.17, 15) is 12.8 Å². The van der Waals surface area contributed by atoms with E-state index in [0.29, 0.717) is 6.54 Å². The van der Waals surface area contributed by atoms with Crippen molar-refractivity contribution in [1.29, 1.82) is 0 Å². The molecule has 1 fully saturated rings. The molecule has 0 aromatic heterocycles. The molecule has 0 aliphatic carbocycles. The fourth-order valence-corrected chi connectivity index (χ4v) is 5.12. The summed E-state index contributed by atoms with van der Waals surface area (Å²) in [5.74, 6) is 0.204. The lowest BCUT2D eigenvalue weighted by Gasteiger charge is -2.29. The Morgan fingerprint density at radius 3 is 2.59 bits per heavy atom. The van der Waals surface area contributed by atoms with Crippen LogP contribution in [0, 0.1) is 5.82 Å². The molecule has 0 bridgehead atoms. The molecule has 0 amide bonds. The van der Waals surface area contributed by atoms with Gasteiger partial charge < -0.3 is 4.74 Å². The van der Waals surface area contributed by atoms with Crippen LogP contribution in [0.3, 0.4) is 0 Å². The van der Waals surface area contributed by atoms with Gasteiger partial charge in [-0.25, -0.2) is 4.39 Å². The van der Waals surface area contributed by atoms with Gasteiger partial charge in [0.25, 0.3) is 10.2 Å². The maximum Gasteiger partial charge on any atom is 0.282 e. The smallest absolute Gasteiger partial charge is 0.282 e. The van der Waals surface area contributed by atoms with Crippen LogP contribution in [-0.2, 0) is 16.8 Å². The van der Waals surface area contributed by atoms with Gasteiger partial charge in [-0.15, -0.1) is 0 Å². The minimum Gasteiger partial charge on any atom is -0.497 e. The Bertz CT molecular complexity index is 885. The lowest BCUT2D eigenvalue weighted by molar-refractivity contribution is 0.343. The molecule has 146 valence electrons. The molecule has 0 saturated carbocycles. The maximum absolute atomic E-state index is 14.1. The third-order valence-corrected chi connectivity index (χ3v) is 7.14. The zero-order valence-electron chi connectivity index (χ0n) is 15.2. The highest BCUT2D eigenvalue weighted by molar-refractivity contribution is 7.86. The molecule has 1 unspecified atom stereocenters. The first kappa shape index (κ1) is 20.1. The van der Waals surface area contributed by atoms with E-state index in [1.54, 1.807) is 13.2 Å². The number of methoxy groups -OCH3 is 1. The molecular formula is C19H22ClFN2O3S. The van der Waals surface area contributed by atoms with Crippen LogP contribution in [0.15, 0.2) is 42.5 Å². The molecule has 0 N–H and O–H groups in total. The molecule has 2 aromatic rings. The van der Waals surface area contributed by atoms with Crippen molar-refractivity contribution in [2.24, 2.45) is 0 Å². The second kappa shape index (κ2) is 8.14. The Labute approximate surface area is 164 Å². The summed E-state index contributed by atoms with van der Waals surface area (Å²) in [5, 5.41) is 0.213. The third kappa shape index (κ3) is 4.11. The summed E-state index contributed by atoms with van der Waals surface area (Å²) in [5.41, 5.74) is 1.08. The summed E-state index contributed by atoms with van der Waals surface area (Å²) in [6, 6.07) is 11.5. The van der Waals surface area contributed by atoms with E-state index in [1.807, 2.05) is 24.3 Å². The summed E-state index contributed by atoms with van der Waals surface area (Å²) in [6.07, 6.45) is 1.50. The van der Waals surface area contributed by atoms with Crippen molar-refractivity contribution in [2.75, 3.05) is 20.7 Å². The van der Waals surface area contributed by atoms with Crippen LogP contribution >= 0.6 is 11.6 Å². The topological polar surface area (TPSA) is 49.9 Å². The second-order valence-corrected chi connectivity index (χ2v) is 8.90. The fraction of sp³-hybridized carbons (Fsp3) is 0.368. The number of rotatable bonds is 6. The van der Waals surface area contributed by atoms with Crippen LogP contribution in [0.1, 0.15) is 30.0 Å². The van der Waals surface area contributed by atoms with Crippen LogP contribution < -0.4 is 4.74 Å². The quantitative estimate of drug-likeness (QED) is 0.720. The number of nitrogens with zero attached hydrogens (tertiary/aromatic N) is 2. The average molecular weight is 413 g/mol. The van der Waals surface area contributed by atoms with E-state index in [0.717, 1.165) is 28.5 Å². The first-order valence-corrected chi connectivity index (χ1v) is 10.4. The molecule has 8 heteroatoms. The molecule has 1 heterocycles. The molecular weight excluding hydrogens is 391 g/mol. The van der Waals surface area contributed by atoms with Gasteiger partial charge in [-0.05, 0) is 42.7 Å². The Morgan fingerprint density at radius 1 is 1.26 bits per heavy atom. The summed E-state index contributed by atoms with van der Waals surface area (Å²) in [6.45, 7) is 0.300. The lowest BCUT2D eigenvalue weighted by atomic mass is 10.1. The zero-order valence-corrected chi connectivity index (χ0v) is 16.8. The van der Waals surface area contributed by atoms with Gasteiger partial charge in [0.1, 0.15) is 11.6 Å². The van der Waals surface area contributed by atoms with Crippen LogP contribution in [0.4, 0.5) is 4.39 Å². The molecule has 0 spiro atoms. The first-order chi connectivity index (χ1) is 12.8. The number of ether oxygens (including phenoxy) is 1. The Hall–Kier alpha value is -1.67. The molecule has 2 aromatic carbocycles. The molecule has 3 rings (SSSR count). The first-order valence-electron chi connectivity index (χ1n) is 8.64. The Balaban J connectivity index is 1.83. The van der Waals surface area contributed by atoms with E-state index >= 15 is 0 Å². The van der Waals surface area contributed by atoms with Crippen molar-refractivity contribution < 1.29 is 17.5 Å². The standard InChI is InChI=1S/C19H22ClFN2O3S/c1-22(13-16-17(20)5-3-6-18(16)21)27(24,25)23-12-4-7-19(23)14-8-10-15(26-2)11-9-14/h3,5-6,8-11,19H,4,7,12-13H2,1-2H3. The van der Waals surface area contributed by atoms with E-state index in [4.69, 9.17) is 16.3 Å². The van der Waals surface area contributed by atoms with Gasteiger partial charge in [0, 0.05) is 30.7 Å². The number of hydrogen-bond donors (Lipinski definition) is 0. The molecule has 1 aliphatic heterocycles. The molecule has 27 heavy (non-hydrogen) atoms. The third-order valence-electron chi connectivity index (χ3n) is 4.84. The van der Waals surface area contributed by atoms with Gasteiger partial charge in [0.2, 0.25) is 0 Å². The van der Waals surface area contributed by atoms with Gasteiger partial charge in [-0.1, -0.05) is 29.8 Å². The van der Waals surface area contributed by atoms with Gasteiger partial charge in [-0.3, -0.25) is 0 Å². The number of benzene rings is 2.